The topological polar surface area (TPSA) is 98.6 Å². The number of nitrogens with one attached hydrogen (secondary N) is 1. The van der Waals surface area contributed by atoms with Gasteiger partial charge in [0.1, 0.15) is 0 Å². The molecular formula is C22H17N5OS. The molecule has 0 saturated carbocycles. The first-order chi connectivity index (χ1) is 14.1. The predicted molar refractivity (Wildman–Crippen MR) is 111 cm³/mol. The molecule has 142 valence electrons. The number of aryl methyl sites for hydroxylation is 1. The van der Waals surface area contributed by atoms with Crippen LogP contribution in [0.25, 0.3) is 16.9 Å². The quantitative estimate of drug-likeness (QED) is 0.523. The number of aromatic nitrogens is 3. The maximum atomic E-state index is 10.8. The summed E-state index contributed by atoms with van der Waals surface area (Å²) < 4.78 is 9.83. The fourth-order valence-corrected chi connectivity index (χ4v) is 4.10. The van der Waals surface area contributed by atoms with E-state index in [0.29, 0.717) is 22.6 Å². The van der Waals surface area contributed by atoms with E-state index in [9.17, 15) is 5.11 Å². The molecule has 0 amide bonds. The first-order valence-electron chi connectivity index (χ1n) is 8.84. The molecule has 0 radical (unpaired) electrons. The van der Waals surface area contributed by atoms with Crippen molar-refractivity contribution in [3.8, 4) is 28.9 Å². The van der Waals surface area contributed by atoms with Gasteiger partial charge in [-0.25, -0.2) is 4.98 Å². The summed E-state index contributed by atoms with van der Waals surface area (Å²) >= 11 is 0. The van der Waals surface area contributed by atoms with Crippen LogP contribution in [0.4, 0.5) is 0 Å². The third-order valence-corrected chi connectivity index (χ3v) is 5.95. The highest BCUT2D eigenvalue weighted by atomic mass is 32.2. The lowest BCUT2D eigenvalue weighted by molar-refractivity contribution is 0.433. The van der Waals surface area contributed by atoms with Crippen molar-refractivity contribution in [2.45, 2.75) is 16.7 Å². The molecule has 4 rings (SSSR count). The van der Waals surface area contributed by atoms with Crippen molar-refractivity contribution in [1.29, 1.82) is 10.0 Å². The Morgan fingerprint density at radius 2 is 1.72 bits per heavy atom. The molecule has 2 aromatic carbocycles. The summed E-state index contributed by atoms with van der Waals surface area (Å²) in [5.74, 6) is 0.458. The van der Waals surface area contributed by atoms with Crippen molar-refractivity contribution in [2.24, 2.45) is 0 Å². The van der Waals surface area contributed by atoms with Crippen LogP contribution in [0.5, 0.6) is 5.88 Å². The summed E-state index contributed by atoms with van der Waals surface area (Å²) in [7, 11) is -0.830. The third kappa shape index (κ3) is 3.53. The molecule has 4 aromatic rings. The van der Waals surface area contributed by atoms with Gasteiger partial charge in [-0.15, -0.1) is 0 Å². The first-order valence-corrected chi connectivity index (χ1v) is 10.1. The van der Waals surface area contributed by atoms with Gasteiger partial charge in [-0.3, -0.25) is 4.78 Å². The van der Waals surface area contributed by atoms with E-state index in [1.165, 1.54) is 4.68 Å². The van der Waals surface area contributed by atoms with Gasteiger partial charge in [0, 0.05) is 16.0 Å². The number of aromatic hydroxyl groups is 1. The van der Waals surface area contributed by atoms with E-state index in [1.54, 1.807) is 36.5 Å². The van der Waals surface area contributed by atoms with Crippen LogP contribution in [0.3, 0.4) is 0 Å². The Labute approximate surface area is 170 Å². The molecule has 0 fully saturated rings. The number of rotatable bonds is 4. The summed E-state index contributed by atoms with van der Waals surface area (Å²) in [6.07, 6.45) is 1.65. The van der Waals surface area contributed by atoms with Crippen molar-refractivity contribution >= 4 is 10.7 Å². The van der Waals surface area contributed by atoms with E-state index in [0.717, 1.165) is 15.4 Å². The Bertz CT molecular complexity index is 1220. The molecule has 2 heterocycles. The van der Waals surface area contributed by atoms with Gasteiger partial charge in [-0.2, -0.15) is 15.0 Å². The molecule has 0 saturated heterocycles. The van der Waals surface area contributed by atoms with Gasteiger partial charge >= 0.3 is 0 Å². The average Bonchev–Trinajstić information content (AvgIpc) is 3.08. The number of nitrogens with zero attached hydrogens (tertiary/aromatic N) is 4. The van der Waals surface area contributed by atoms with Crippen molar-refractivity contribution in [3.63, 3.8) is 0 Å². The van der Waals surface area contributed by atoms with E-state index in [2.05, 4.69) is 16.2 Å². The fourth-order valence-electron chi connectivity index (χ4n) is 3.04. The molecule has 0 aliphatic rings. The molecule has 6 nitrogen and oxygen atoms in total. The van der Waals surface area contributed by atoms with Crippen LogP contribution in [-0.4, -0.2) is 19.9 Å². The summed E-state index contributed by atoms with van der Waals surface area (Å²) in [6.45, 7) is 1.81. The van der Waals surface area contributed by atoms with Crippen LogP contribution in [0.1, 0.15) is 11.3 Å². The van der Waals surface area contributed by atoms with Crippen LogP contribution in [-0.2, 0) is 10.7 Å². The lowest BCUT2D eigenvalue weighted by Crippen LogP contribution is -2.00. The highest BCUT2D eigenvalue weighted by Gasteiger charge is 2.18. The van der Waals surface area contributed by atoms with E-state index < -0.39 is 10.7 Å². The molecule has 0 spiro atoms. The summed E-state index contributed by atoms with van der Waals surface area (Å²) in [4.78, 5) is 6.12. The predicted octanol–water partition coefficient (Wildman–Crippen LogP) is 4.62. The molecule has 0 bridgehead atoms. The number of pyridine rings is 1. The normalized spacial score (nSPS) is 11.7. The van der Waals surface area contributed by atoms with E-state index in [-0.39, 0.29) is 5.88 Å². The molecule has 2 N–H and O–H groups in total. The fraction of sp³-hybridized carbons (Fsp3) is 0.0455. The van der Waals surface area contributed by atoms with Gasteiger partial charge in [-0.05, 0) is 59.6 Å². The Balaban J connectivity index is 1.67. The Hall–Kier alpha value is -3.76. The monoisotopic (exact) mass is 399 g/mol. The molecular weight excluding hydrogens is 382 g/mol. The smallest absolute Gasteiger partial charge is 0.223 e. The highest BCUT2D eigenvalue weighted by molar-refractivity contribution is 7.86. The second-order valence-corrected chi connectivity index (χ2v) is 7.91. The Kier molecular flexibility index (Phi) is 4.94. The zero-order chi connectivity index (χ0) is 20.4. The minimum atomic E-state index is -0.830. The number of hydrogen-bond acceptors (Lipinski definition) is 5. The van der Waals surface area contributed by atoms with Crippen molar-refractivity contribution < 1.29 is 5.11 Å². The second-order valence-electron chi connectivity index (χ2n) is 6.36. The molecule has 7 heteroatoms. The second kappa shape index (κ2) is 7.70. The van der Waals surface area contributed by atoms with Crippen LogP contribution >= 0.6 is 0 Å². The summed E-state index contributed by atoms with van der Waals surface area (Å²) in [5.41, 5.74) is 2.59. The molecule has 29 heavy (non-hydrogen) atoms. The molecule has 0 aliphatic carbocycles. The van der Waals surface area contributed by atoms with Crippen LogP contribution < -0.4 is 0 Å². The van der Waals surface area contributed by atoms with Gasteiger partial charge in [0.25, 0.3) is 0 Å². The maximum Gasteiger partial charge on any atom is 0.223 e. The highest BCUT2D eigenvalue weighted by Crippen LogP contribution is 2.34. The minimum absolute atomic E-state index is 0.0135. The number of hydrogen-bond donors (Lipinski definition) is 2. The van der Waals surface area contributed by atoms with E-state index in [4.69, 9.17) is 10.0 Å². The zero-order valence-corrected chi connectivity index (χ0v) is 16.4. The van der Waals surface area contributed by atoms with Crippen LogP contribution in [0, 0.1) is 23.0 Å². The molecule has 0 aliphatic heterocycles. The third-order valence-electron chi connectivity index (χ3n) is 4.49. The first kappa shape index (κ1) is 18.6. The average molecular weight is 399 g/mol. The zero-order valence-electron chi connectivity index (χ0n) is 15.6. The number of nitriles is 1. The number of benzene rings is 2. The van der Waals surface area contributed by atoms with Crippen molar-refractivity contribution in [3.05, 3.63) is 84.2 Å². The molecule has 1 atom stereocenters. The van der Waals surface area contributed by atoms with E-state index in [1.807, 2.05) is 43.3 Å². The van der Waals surface area contributed by atoms with Gasteiger partial charge in [0.15, 0.2) is 5.82 Å². The SMILES string of the molecule is Cc1nn(-c2ccc(S(=N)c3ccccc3)cn2)c(O)c1-c1ccc(C#N)cc1. The van der Waals surface area contributed by atoms with Crippen LogP contribution in [0.2, 0.25) is 0 Å². The summed E-state index contributed by atoms with van der Waals surface area (Å²) in [5, 5.41) is 24.1. The minimum Gasteiger partial charge on any atom is -0.493 e. The Morgan fingerprint density at radius 1 is 1.00 bits per heavy atom. The lowest BCUT2D eigenvalue weighted by Gasteiger charge is -2.07. The van der Waals surface area contributed by atoms with Crippen molar-refractivity contribution in [2.75, 3.05) is 0 Å². The standard InChI is InChI=1S/C22H17N5OS/c1-15-21(17-9-7-16(13-23)8-10-17)22(28)27(26-15)20-12-11-19(14-25-20)29(24)18-5-3-2-4-6-18/h2-12,14,24,28H,1H3. The van der Waals surface area contributed by atoms with Crippen LogP contribution in [0.15, 0.2) is 82.7 Å². The van der Waals surface area contributed by atoms with Gasteiger partial charge in [0.2, 0.25) is 5.88 Å². The maximum absolute atomic E-state index is 10.8. The summed E-state index contributed by atoms with van der Waals surface area (Å²) in [6, 6.07) is 22.3. The molecule has 1 unspecified atom stereocenters. The molecule has 2 aromatic heterocycles. The van der Waals surface area contributed by atoms with E-state index >= 15 is 0 Å². The largest absolute Gasteiger partial charge is 0.493 e. The lowest BCUT2D eigenvalue weighted by atomic mass is 10.0. The van der Waals surface area contributed by atoms with Gasteiger partial charge < -0.3 is 5.11 Å². The van der Waals surface area contributed by atoms with Crippen molar-refractivity contribution in [1.82, 2.24) is 14.8 Å². The van der Waals surface area contributed by atoms with Gasteiger partial charge in [0.05, 0.1) is 22.9 Å². The Morgan fingerprint density at radius 3 is 2.34 bits per heavy atom. The van der Waals surface area contributed by atoms with Gasteiger partial charge in [-0.1, -0.05) is 30.3 Å².